The largest absolute Gasteiger partial charge is 0.487 e. The molecule has 4 aromatic heterocycles. The second kappa shape index (κ2) is 8.30. The summed E-state index contributed by atoms with van der Waals surface area (Å²) in [5, 5.41) is 22.7. The Morgan fingerprint density at radius 3 is 2.75 bits per heavy atom. The van der Waals surface area contributed by atoms with Crippen LogP contribution in [0.2, 0.25) is 0 Å². The first-order valence-corrected chi connectivity index (χ1v) is 10.7. The number of aromatic nitrogens is 6. The van der Waals surface area contributed by atoms with Crippen molar-refractivity contribution >= 4 is 16.7 Å². The molecule has 0 atom stereocenters. The van der Waals surface area contributed by atoms with E-state index in [9.17, 15) is 5.26 Å². The monoisotopic (exact) mass is 428 g/mol. The molecule has 0 aliphatic heterocycles. The summed E-state index contributed by atoms with van der Waals surface area (Å²) in [4.78, 5) is 8.60. The molecule has 0 bridgehead atoms. The van der Waals surface area contributed by atoms with Crippen molar-refractivity contribution in [2.45, 2.75) is 37.8 Å². The van der Waals surface area contributed by atoms with Crippen molar-refractivity contribution < 1.29 is 4.74 Å². The Labute approximate surface area is 185 Å². The first-order valence-electron chi connectivity index (χ1n) is 10.7. The molecule has 1 aliphatic carbocycles. The molecule has 0 amide bonds. The van der Waals surface area contributed by atoms with E-state index in [1.54, 1.807) is 16.9 Å². The number of nitriles is 1. The van der Waals surface area contributed by atoms with Gasteiger partial charge in [0, 0.05) is 49.7 Å². The molecule has 1 saturated carbocycles. The summed E-state index contributed by atoms with van der Waals surface area (Å²) in [5.41, 5.74) is 3.27. The molecule has 5 rings (SSSR count). The highest BCUT2D eigenvalue weighted by atomic mass is 16.5. The standard InChI is InChI=1S/C23H24N8O/c1-25-22-10-20-18(13-27-22)23(15-12-28-30(2)14-15)29-31(20)16-5-7-17(8-6-16)32-21-4-3-9-26-19(21)11-24/h3-4,9-10,12-14,16-17H,5-8H2,1-2H3,(H,25,27)/t16-,17+. The molecule has 1 N–H and O–H groups in total. The van der Waals surface area contributed by atoms with Crippen LogP contribution in [0.3, 0.4) is 0 Å². The van der Waals surface area contributed by atoms with Crippen molar-refractivity contribution in [1.82, 2.24) is 29.5 Å². The Morgan fingerprint density at radius 2 is 2.03 bits per heavy atom. The Bertz CT molecular complexity index is 1290. The third-order valence-electron chi connectivity index (χ3n) is 5.99. The van der Waals surface area contributed by atoms with Gasteiger partial charge in [-0.1, -0.05) is 0 Å². The van der Waals surface area contributed by atoms with Gasteiger partial charge < -0.3 is 10.1 Å². The van der Waals surface area contributed by atoms with Gasteiger partial charge in [-0.25, -0.2) is 9.97 Å². The summed E-state index contributed by atoms with van der Waals surface area (Å²) >= 11 is 0. The predicted octanol–water partition coefficient (Wildman–Crippen LogP) is 3.70. The molecule has 0 unspecified atom stereocenters. The third-order valence-corrected chi connectivity index (χ3v) is 5.99. The molecule has 4 heterocycles. The van der Waals surface area contributed by atoms with E-state index in [0.29, 0.717) is 11.4 Å². The van der Waals surface area contributed by atoms with E-state index in [4.69, 9.17) is 9.84 Å². The van der Waals surface area contributed by atoms with Gasteiger partial charge in [0.05, 0.1) is 23.9 Å². The zero-order valence-electron chi connectivity index (χ0n) is 18.1. The first kappa shape index (κ1) is 20.0. The Morgan fingerprint density at radius 1 is 1.19 bits per heavy atom. The van der Waals surface area contributed by atoms with Gasteiger partial charge in [0.1, 0.15) is 17.6 Å². The molecule has 4 aromatic rings. The maximum Gasteiger partial charge on any atom is 0.182 e. The molecular weight excluding hydrogens is 404 g/mol. The van der Waals surface area contributed by atoms with Gasteiger partial charge >= 0.3 is 0 Å². The summed E-state index contributed by atoms with van der Waals surface area (Å²) in [7, 11) is 3.77. The smallest absolute Gasteiger partial charge is 0.182 e. The van der Waals surface area contributed by atoms with Gasteiger partial charge in [0.2, 0.25) is 0 Å². The average molecular weight is 429 g/mol. The number of ether oxygens (including phenoxy) is 1. The zero-order valence-corrected chi connectivity index (χ0v) is 18.1. The lowest BCUT2D eigenvalue weighted by atomic mass is 9.93. The second-order valence-corrected chi connectivity index (χ2v) is 8.04. The van der Waals surface area contributed by atoms with Crippen LogP contribution >= 0.6 is 0 Å². The van der Waals surface area contributed by atoms with Crippen LogP contribution in [0.15, 0.2) is 43.0 Å². The van der Waals surface area contributed by atoms with Crippen LogP contribution in [0.1, 0.15) is 37.4 Å². The fourth-order valence-corrected chi connectivity index (χ4v) is 4.36. The van der Waals surface area contributed by atoms with E-state index >= 15 is 0 Å². The molecule has 0 spiro atoms. The molecule has 0 radical (unpaired) electrons. The average Bonchev–Trinajstić information content (AvgIpc) is 3.43. The SMILES string of the molecule is CNc1cc2c(cn1)c(-c1cnn(C)c1)nn2[C@H]1CC[C@@H](Oc2cccnc2C#N)CC1. The minimum atomic E-state index is 0.0664. The molecule has 162 valence electrons. The first-order chi connectivity index (χ1) is 15.7. The van der Waals surface area contributed by atoms with Crippen LogP contribution in [-0.2, 0) is 7.05 Å². The Kier molecular flexibility index (Phi) is 5.19. The number of fused-ring (bicyclic) bond motifs is 1. The van der Waals surface area contributed by atoms with Gasteiger partial charge in [0.15, 0.2) is 11.4 Å². The minimum Gasteiger partial charge on any atom is -0.487 e. The highest BCUT2D eigenvalue weighted by Crippen LogP contribution is 2.36. The normalized spacial score (nSPS) is 18.4. The summed E-state index contributed by atoms with van der Waals surface area (Å²) in [6, 6.07) is 8.03. The lowest BCUT2D eigenvalue weighted by Gasteiger charge is -2.29. The van der Waals surface area contributed by atoms with E-state index in [0.717, 1.165) is 53.7 Å². The van der Waals surface area contributed by atoms with Crippen molar-refractivity contribution in [3.63, 3.8) is 0 Å². The lowest BCUT2D eigenvalue weighted by Crippen LogP contribution is -2.26. The molecule has 32 heavy (non-hydrogen) atoms. The molecule has 1 aliphatic rings. The molecule has 1 fully saturated rings. The molecular formula is C23H24N8O. The van der Waals surface area contributed by atoms with Gasteiger partial charge in [-0.15, -0.1) is 0 Å². The summed E-state index contributed by atoms with van der Waals surface area (Å²) < 4.78 is 10.0. The van der Waals surface area contributed by atoms with E-state index in [1.165, 1.54) is 0 Å². The number of nitrogens with one attached hydrogen (secondary N) is 1. The zero-order chi connectivity index (χ0) is 22.1. The van der Waals surface area contributed by atoms with Crippen molar-refractivity contribution in [2.75, 3.05) is 12.4 Å². The van der Waals surface area contributed by atoms with Crippen LogP contribution in [0.5, 0.6) is 5.75 Å². The highest BCUT2D eigenvalue weighted by molar-refractivity contribution is 5.93. The fourth-order valence-electron chi connectivity index (χ4n) is 4.36. The molecule has 9 heteroatoms. The molecule has 0 aromatic carbocycles. The maximum atomic E-state index is 9.26. The van der Waals surface area contributed by atoms with E-state index in [2.05, 4.69) is 37.2 Å². The van der Waals surface area contributed by atoms with Crippen LogP contribution in [-0.4, -0.2) is 42.7 Å². The Hall–Kier alpha value is -3.93. The Balaban J connectivity index is 1.41. The number of rotatable bonds is 5. The fraction of sp³-hybridized carbons (Fsp3) is 0.348. The number of aryl methyl sites for hydroxylation is 1. The van der Waals surface area contributed by atoms with Gasteiger partial charge in [-0.2, -0.15) is 15.5 Å². The summed E-state index contributed by atoms with van der Waals surface area (Å²) in [5.74, 6) is 1.38. The number of pyridine rings is 2. The number of nitrogens with zero attached hydrogens (tertiary/aromatic N) is 7. The van der Waals surface area contributed by atoms with Crippen LogP contribution in [0.4, 0.5) is 5.82 Å². The van der Waals surface area contributed by atoms with Crippen molar-refractivity contribution in [1.29, 1.82) is 5.26 Å². The van der Waals surface area contributed by atoms with E-state index in [1.807, 2.05) is 38.8 Å². The van der Waals surface area contributed by atoms with Gasteiger partial charge in [-0.05, 0) is 37.8 Å². The van der Waals surface area contributed by atoms with Gasteiger partial charge in [-0.3, -0.25) is 9.36 Å². The lowest BCUT2D eigenvalue weighted by molar-refractivity contribution is 0.130. The second-order valence-electron chi connectivity index (χ2n) is 8.04. The van der Waals surface area contributed by atoms with E-state index < -0.39 is 0 Å². The maximum absolute atomic E-state index is 9.26. The van der Waals surface area contributed by atoms with Gasteiger partial charge in [0.25, 0.3) is 0 Å². The molecule has 0 saturated heterocycles. The van der Waals surface area contributed by atoms with Crippen molar-refractivity contribution in [3.8, 4) is 23.1 Å². The molecule has 9 nitrogen and oxygen atoms in total. The third kappa shape index (κ3) is 3.64. The topological polar surface area (TPSA) is 106 Å². The number of hydrogen-bond donors (Lipinski definition) is 1. The number of hydrogen-bond acceptors (Lipinski definition) is 7. The van der Waals surface area contributed by atoms with Crippen LogP contribution < -0.4 is 10.1 Å². The highest BCUT2D eigenvalue weighted by Gasteiger charge is 2.27. The van der Waals surface area contributed by atoms with Crippen LogP contribution in [0.25, 0.3) is 22.2 Å². The van der Waals surface area contributed by atoms with Crippen molar-refractivity contribution in [3.05, 3.63) is 48.7 Å². The predicted molar refractivity (Wildman–Crippen MR) is 120 cm³/mol. The minimum absolute atomic E-state index is 0.0664. The van der Waals surface area contributed by atoms with Crippen molar-refractivity contribution in [2.24, 2.45) is 7.05 Å². The number of anilines is 1. The summed E-state index contributed by atoms with van der Waals surface area (Å²) in [6.45, 7) is 0. The summed E-state index contributed by atoms with van der Waals surface area (Å²) in [6.07, 6.45) is 11.0. The van der Waals surface area contributed by atoms with Crippen LogP contribution in [0, 0.1) is 11.3 Å². The van der Waals surface area contributed by atoms with E-state index in [-0.39, 0.29) is 12.1 Å². The quantitative estimate of drug-likeness (QED) is 0.516.